The molecule has 6 heteroatoms. The Balaban J connectivity index is 2.43. The summed E-state index contributed by atoms with van der Waals surface area (Å²) in [5.74, 6) is 1.39. The first kappa shape index (κ1) is 15.3. The van der Waals surface area contributed by atoms with E-state index in [2.05, 4.69) is 12.2 Å². The van der Waals surface area contributed by atoms with E-state index >= 15 is 0 Å². The Hall–Kier alpha value is -0.750. The zero-order valence-electron chi connectivity index (χ0n) is 11.0. The zero-order valence-corrected chi connectivity index (χ0v) is 11.8. The zero-order chi connectivity index (χ0) is 13.4. The molecule has 104 valence electrons. The first-order valence-corrected chi connectivity index (χ1v) is 7.71. The topological polar surface area (TPSA) is 75.4 Å². The van der Waals surface area contributed by atoms with Gasteiger partial charge in [0.15, 0.2) is 0 Å². The van der Waals surface area contributed by atoms with Crippen LogP contribution in [-0.4, -0.2) is 47.5 Å². The van der Waals surface area contributed by atoms with Crippen LogP contribution in [0.5, 0.6) is 0 Å². The summed E-state index contributed by atoms with van der Waals surface area (Å²) in [6.07, 6.45) is 3.21. The molecule has 0 radical (unpaired) electrons. The van der Waals surface area contributed by atoms with E-state index in [0.29, 0.717) is 31.1 Å². The van der Waals surface area contributed by atoms with Crippen LogP contribution in [0.3, 0.4) is 0 Å². The number of nitrogens with two attached hydrogens (primary N) is 1. The normalized spacial score (nSPS) is 19.0. The molecular weight excluding hydrogens is 250 g/mol. The monoisotopic (exact) mass is 273 g/mol. The van der Waals surface area contributed by atoms with E-state index in [1.807, 2.05) is 0 Å². The minimum atomic E-state index is -0.294. The van der Waals surface area contributed by atoms with Crippen molar-refractivity contribution < 1.29 is 9.59 Å². The molecule has 1 aliphatic heterocycles. The molecule has 2 amide bonds. The molecule has 0 aromatic carbocycles. The predicted molar refractivity (Wildman–Crippen MR) is 74.2 cm³/mol. The number of thioether (sulfide) groups is 1. The SMILES string of the molecule is CCCCC(=O)N1CSCC1C(=O)NCCCN. The van der Waals surface area contributed by atoms with Crippen LogP contribution in [0, 0.1) is 0 Å². The summed E-state index contributed by atoms with van der Waals surface area (Å²) < 4.78 is 0. The van der Waals surface area contributed by atoms with E-state index in [1.165, 1.54) is 0 Å². The fourth-order valence-corrected chi connectivity index (χ4v) is 2.99. The maximum Gasteiger partial charge on any atom is 0.243 e. The van der Waals surface area contributed by atoms with Crippen LogP contribution in [0.1, 0.15) is 32.6 Å². The van der Waals surface area contributed by atoms with E-state index in [-0.39, 0.29) is 17.9 Å². The van der Waals surface area contributed by atoms with Crippen LogP contribution in [0.4, 0.5) is 0 Å². The van der Waals surface area contributed by atoms with Gasteiger partial charge in [-0.3, -0.25) is 9.59 Å². The highest BCUT2D eigenvalue weighted by atomic mass is 32.2. The van der Waals surface area contributed by atoms with Gasteiger partial charge in [0.25, 0.3) is 0 Å². The molecule has 0 saturated carbocycles. The third kappa shape index (κ3) is 4.49. The van der Waals surface area contributed by atoms with Gasteiger partial charge in [-0.25, -0.2) is 0 Å². The molecule has 1 atom stereocenters. The maximum atomic E-state index is 12.0. The van der Waals surface area contributed by atoms with E-state index in [4.69, 9.17) is 5.73 Å². The summed E-state index contributed by atoms with van der Waals surface area (Å²) in [5, 5.41) is 2.84. The lowest BCUT2D eigenvalue weighted by atomic mass is 10.2. The number of nitrogens with one attached hydrogen (secondary N) is 1. The Bertz CT molecular complexity index is 286. The molecule has 1 heterocycles. The first-order valence-electron chi connectivity index (χ1n) is 6.55. The van der Waals surface area contributed by atoms with E-state index < -0.39 is 0 Å². The van der Waals surface area contributed by atoms with Crippen LogP contribution in [0.15, 0.2) is 0 Å². The van der Waals surface area contributed by atoms with Crippen LogP contribution in [-0.2, 0) is 9.59 Å². The molecule has 5 nitrogen and oxygen atoms in total. The average molecular weight is 273 g/mol. The van der Waals surface area contributed by atoms with Crippen molar-refractivity contribution >= 4 is 23.6 Å². The van der Waals surface area contributed by atoms with E-state index in [9.17, 15) is 9.59 Å². The van der Waals surface area contributed by atoms with Crippen molar-refractivity contribution in [2.45, 2.75) is 38.6 Å². The van der Waals surface area contributed by atoms with Crippen LogP contribution in [0.2, 0.25) is 0 Å². The van der Waals surface area contributed by atoms with Crippen molar-refractivity contribution in [3.05, 3.63) is 0 Å². The molecule has 1 rings (SSSR count). The summed E-state index contributed by atoms with van der Waals surface area (Å²) in [6.45, 7) is 3.22. The van der Waals surface area contributed by atoms with Gasteiger partial charge in [0.05, 0.1) is 5.88 Å². The first-order chi connectivity index (χ1) is 8.70. The van der Waals surface area contributed by atoms with Crippen LogP contribution in [0.25, 0.3) is 0 Å². The molecular formula is C12H23N3O2S. The van der Waals surface area contributed by atoms with Crippen molar-refractivity contribution in [3.8, 4) is 0 Å². The molecule has 0 spiro atoms. The summed E-state index contributed by atoms with van der Waals surface area (Å²) in [6, 6.07) is -0.294. The van der Waals surface area contributed by atoms with Crippen molar-refractivity contribution in [1.29, 1.82) is 0 Å². The van der Waals surface area contributed by atoms with Gasteiger partial charge in [0.1, 0.15) is 6.04 Å². The number of carbonyl (C=O) groups excluding carboxylic acids is 2. The fraction of sp³-hybridized carbons (Fsp3) is 0.833. The minimum absolute atomic E-state index is 0.0432. The number of nitrogens with zero attached hydrogens (tertiary/aromatic N) is 1. The lowest BCUT2D eigenvalue weighted by Gasteiger charge is -2.23. The molecule has 0 aliphatic carbocycles. The summed E-state index contributed by atoms with van der Waals surface area (Å²) in [4.78, 5) is 25.6. The third-order valence-electron chi connectivity index (χ3n) is 2.93. The Kier molecular flexibility index (Phi) is 7.12. The lowest BCUT2D eigenvalue weighted by Crippen LogP contribution is -2.47. The quantitative estimate of drug-likeness (QED) is 0.664. The number of unbranched alkanes of at least 4 members (excludes halogenated alkanes) is 1. The molecule has 1 aliphatic rings. The predicted octanol–water partition coefficient (Wildman–Crippen LogP) is 0.543. The second-order valence-corrected chi connectivity index (χ2v) is 5.42. The van der Waals surface area contributed by atoms with Crippen LogP contribution >= 0.6 is 11.8 Å². The Labute approximate surface area is 113 Å². The molecule has 1 saturated heterocycles. The van der Waals surface area contributed by atoms with Gasteiger partial charge in [-0.2, -0.15) is 0 Å². The Morgan fingerprint density at radius 2 is 2.22 bits per heavy atom. The van der Waals surface area contributed by atoms with E-state index in [0.717, 1.165) is 19.3 Å². The standard InChI is InChI=1S/C12H23N3O2S/c1-2-3-5-11(16)15-9-18-8-10(15)12(17)14-7-4-6-13/h10H,2-9,13H2,1H3,(H,14,17). The Morgan fingerprint density at radius 3 is 2.89 bits per heavy atom. The highest BCUT2D eigenvalue weighted by molar-refractivity contribution is 7.99. The fourth-order valence-electron chi connectivity index (χ4n) is 1.81. The van der Waals surface area contributed by atoms with Gasteiger partial charge in [0, 0.05) is 18.7 Å². The molecule has 1 unspecified atom stereocenters. The summed E-state index contributed by atoms with van der Waals surface area (Å²) in [7, 11) is 0. The summed E-state index contributed by atoms with van der Waals surface area (Å²) >= 11 is 1.64. The van der Waals surface area contributed by atoms with Gasteiger partial charge >= 0.3 is 0 Å². The maximum absolute atomic E-state index is 12.0. The van der Waals surface area contributed by atoms with Gasteiger partial charge in [-0.15, -0.1) is 11.8 Å². The van der Waals surface area contributed by atoms with Gasteiger partial charge < -0.3 is 16.0 Å². The number of hydrogen-bond acceptors (Lipinski definition) is 4. The van der Waals surface area contributed by atoms with Crippen molar-refractivity contribution in [2.75, 3.05) is 24.7 Å². The van der Waals surface area contributed by atoms with Crippen molar-refractivity contribution in [2.24, 2.45) is 5.73 Å². The lowest BCUT2D eigenvalue weighted by molar-refractivity contribution is -0.138. The largest absolute Gasteiger partial charge is 0.354 e. The average Bonchev–Trinajstić information content (AvgIpc) is 2.85. The highest BCUT2D eigenvalue weighted by Gasteiger charge is 2.33. The van der Waals surface area contributed by atoms with Gasteiger partial charge in [0.2, 0.25) is 11.8 Å². The third-order valence-corrected chi connectivity index (χ3v) is 3.94. The minimum Gasteiger partial charge on any atom is -0.354 e. The molecule has 3 N–H and O–H groups in total. The van der Waals surface area contributed by atoms with E-state index in [1.54, 1.807) is 16.7 Å². The molecule has 1 fully saturated rings. The number of amides is 2. The highest BCUT2D eigenvalue weighted by Crippen LogP contribution is 2.22. The van der Waals surface area contributed by atoms with Gasteiger partial charge in [-0.1, -0.05) is 13.3 Å². The van der Waals surface area contributed by atoms with Gasteiger partial charge in [-0.05, 0) is 19.4 Å². The number of hydrogen-bond donors (Lipinski definition) is 2. The van der Waals surface area contributed by atoms with Crippen molar-refractivity contribution in [3.63, 3.8) is 0 Å². The number of carbonyl (C=O) groups is 2. The van der Waals surface area contributed by atoms with Crippen molar-refractivity contribution in [1.82, 2.24) is 10.2 Å². The Morgan fingerprint density at radius 1 is 1.44 bits per heavy atom. The second kappa shape index (κ2) is 8.37. The smallest absolute Gasteiger partial charge is 0.243 e. The molecule has 0 bridgehead atoms. The number of rotatable bonds is 7. The van der Waals surface area contributed by atoms with Crippen LogP contribution < -0.4 is 11.1 Å². The molecule has 0 aromatic heterocycles. The summed E-state index contributed by atoms with van der Waals surface area (Å²) in [5.41, 5.74) is 5.38. The second-order valence-electron chi connectivity index (χ2n) is 4.42. The molecule has 18 heavy (non-hydrogen) atoms. The molecule has 0 aromatic rings.